The Morgan fingerprint density at radius 1 is 1.35 bits per heavy atom. The molecule has 1 aromatic rings. The Hall–Kier alpha value is -0.860. The van der Waals surface area contributed by atoms with Crippen molar-refractivity contribution in [2.75, 3.05) is 20.3 Å². The molecule has 94 valence electrons. The van der Waals surface area contributed by atoms with Crippen molar-refractivity contribution in [2.45, 2.75) is 32.2 Å². The number of nitrogens with one attached hydrogen (secondary N) is 1. The first-order valence-electron chi connectivity index (χ1n) is 6.67. The van der Waals surface area contributed by atoms with Crippen molar-refractivity contribution in [3.8, 4) is 0 Å². The van der Waals surface area contributed by atoms with Crippen LogP contribution in [0.3, 0.4) is 0 Å². The van der Waals surface area contributed by atoms with E-state index in [1.807, 2.05) is 0 Å². The highest BCUT2D eigenvalue weighted by molar-refractivity contribution is 5.33. The fourth-order valence-electron chi connectivity index (χ4n) is 2.90. The predicted molar refractivity (Wildman–Crippen MR) is 71.2 cm³/mol. The molecule has 2 nitrogen and oxygen atoms in total. The van der Waals surface area contributed by atoms with E-state index in [9.17, 15) is 0 Å². The third-order valence-corrected chi connectivity index (χ3v) is 3.76. The number of rotatable bonds is 5. The van der Waals surface area contributed by atoms with E-state index < -0.39 is 0 Å². The van der Waals surface area contributed by atoms with Crippen molar-refractivity contribution in [1.82, 2.24) is 5.32 Å². The summed E-state index contributed by atoms with van der Waals surface area (Å²) >= 11 is 0. The van der Waals surface area contributed by atoms with Gasteiger partial charge in [0.2, 0.25) is 0 Å². The Labute approximate surface area is 104 Å². The van der Waals surface area contributed by atoms with Crippen molar-refractivity contribution in [1.29, 1.82) is 0 Å². The van der Waals surface area contributed by atoms with E-state index in [4.69, 9.17) is 4.74 Å². The summed E-state index contributed by atoms with van der Waals surface area (Å²) in [4.78, 5) is 0. The van der Waals surface area contributed by atoms with Crippen molar-refractivity contribution in [3.63, 3.8) is 0 Å². The van der Waals surface area contributed by atoms with Crippen molar-refractivity contribution < 1.29 is 4.74 Å². The molecule has 0 heterocycles. The number of ether oxygens (including phenoxy) is 1. The first kappa shape index (κ1) is 12.6. The van der Waals surface area contributed by atoms with E-state index in [0.717, 1.165) is 19.6 Å². The average Bonchev–Trinajstić information content (AvgIpc) is 2.38. The molecule has 0 spiro atoms. The zero-order valence-corrected chi connectivity index (χ0v) is 10.9. The van der Waals surface area contributed by atoms with Crippen LogP contribution in [0.4, 0.5) is 0 Å². The highest BCUT2D eigenvalue weighted by Crippen LogP contribution is 2.36. The molecule has 0 amide bonds. The molecule has 0 fully saturated rings. The molecule has 1 N–H and O–H groups in total. The lowest BCUT2D eigenvalue weighted by Gasteiger charge is -2.34. The maximum absolute atomic E-state index is 5.23. The molecule has 0 bridgehead atoms. The molecule has 2 rings (SSSR count). The van der Waals surface area contributed by atoms with E-state index in [1.54, 1.807) is 7.11 Å². The van der Waals surface area contributed by atoms with Gasteiger partial charge in [0.15, 0.2) is 0 Å². The molecule has 1 aliphatic rings. The van der Waals surface area contributed by atoms with Gasteiger partial charge in [-0.25, -0.2) is 0 Å². The molecule has 2 heteroatoms. The number of aryl methyl sites for hydroxylation is 1. The maximum Gasteiger partial charge on any atom is 0.0465 e. The Bertz CT molecular complexity index is 351. The van der Waals surface area contributed by atoms with Crippen LogP contribution in [-0.2, 0) is 11.2 Å². The van der Waals surface area contributed by atoms with Gasteiger partial charge in [-0.1, -0.05) is 31.2 Å². The Balaban J connectivity index is 2.16. The van der Waals surface area contributed by atoms with Crippen LogP contribution in [0, 0.1) is 5.92 Å². The predicted octanol–water partition coefficient (Wildman–Crippen LogP) is 2.94. The first-order valence-corrected chi connectivity index (χ1v) is 6.67. The molecule has 0 saturated heterocycles. The molecule has 1 aliphatic carbocycles. The number of hydrogen-bond donors (Lipinski definition) is 1. The monoisotopic (exact) mass is 233 g/mol. The van der Waals surface area contributed by atoms with Crippen LogP contribution in [0.2, 0.25) is 0 Å². The minimum absolute atomic E-state index is 0.514. The van der Waals surface area contributed by atoms with E-state index >= 15 is 0 Å². The average molecular weight is 233 g/mol. The summed E-state index contributed by atoms with van der Waals surface area (Å²) in [5.41, 5.74) is 3.02. The van der Waals surface area contributed by atoms with E-state index in [2.05, 4.69) is 36.5 Å². The summed E-state index contributed by atoms with van der Waals surface area (Å²) in [7, 11) is 1.79. The zero-order chi connectivity index (χ0) is 12.1. The molecule has 0 radical (unpaired) electrons. The standard InChI is InChI=1S/C15H23NO/c1-3-16-15-13(10-11-17-2)9-8-12-6-4-5-7-14(12)15/h4-7,13,15-16H,3,8-11H2,1-2H3. The topological polar surface area (TPSA) is 21.3 Å². The van der Waals surface area contributed by atoms with Gasteiger partial charge in [0, 0.05) is 19.8 Å². The summed E-state index contributed by atoms with van der Waals surface area (Å²) in [6.07, 6.45) is 3.65. The van der Waals surface area contributed by atoms with Gasteiger partial charge in [0.1, 0.15) is 0 Å². The van der Waals surface area contributed by atoms with Crippen LogP contribution in [0.15, 0.2) is 24.3 Å². The number of fused-ring (bicyclic) bond motifs is 1. The lowest BCUT2D eigenvalue weighted by atomic mass is 9.78. The first-order chi connectivity index (χ1) is 8.36. The van der Waals surface area contributed by atoms with Crippen LogP contribution >= 0.6 is 0 Å². The van der Waals surface area contributed by atoms with Gasteiger partial charge < -0.3 is 10.1 Å². The van der Waals surface area contributed by atoms with Crippen molar-refractivity contribution in [3.05, 3.63) is 35.4 Å². The van der Waals surface area contributed by atoms with Gasteiger partial charge in [0.25, 0.3) is 0 Å². The van der Waals surface area contributed by atoms with Gasteiger partial charge in [-0.3, -0.25) is 0 Å². The lowest BCUT2D eigenvalue weighted by Crippen LogP contribution is -2.33. The number of methoxy groups -OCH3 is 1. The molecular formula is C15H23NO. The fraction of sp³-hybridized carbons (Fsp3) is 0.600. The van der Waals surface area contributed by atoms with Gasteiger partial charge in [-0.05, 0) is 42.9 Å². The maximum atomic E-state index is 5.23. The van der Waals surface area contributed by atoms with Crippen LogP contribution in [0.25, 0.3) is 0 Å². The van der Waals surface area contributed by atoms with Crippen LogP contribution < -0.4 is 5.32 Å². The van der Waals surface area contributed by atoms with E-state index in [-0.39, 0.29) is 0 Å². The van der Waals surface area contributed by atoms with E-state index in [0.29, 0.717) is 12.0 Å². The zero-order valence-electron chi connectivity index (χ0n) is 10.9. The molecule has 0 aliphatic heterocycles. The summed E-state index contributed by atoms with van der Waals surface area (Å²) in [5, 5.41) is 3.64. The van der Waals surface area contributed by atoms with Crippen LogP contribution in [0.1, 0.15) is 36.9 Å². The van der Waals surface area contributed by atoms with Gasteiger partial charge >= 0.3 is 0 Å². The minimum atomic E-state index is 0.514. The van der Waals surface area contributed by atoms with Gasteiger partial charge in [-0.15, -0.1) is 0 Å². The Morgan fingerprint density at radius 2 is 2.18 bits per heavy atom. The SMILES string of the molecule is CCNC1c2ccccc2CCC1CCOC. The molecular weight excluding hydrogens is 210 g/mol. The smallest absolute Gasteiger partial charge is 0.0465 e. The van der Waals surface area contributed by atoms with E-state index in [1.165, 1.54) is 24.0 Å². The normalized spacial score (nSPS) is 23.4. The summed E-state index contributed by atoms with van der Waals surface area (Å²) in [6, 6.07) is 9.37. The summed E-state index contributed by atoms with van der Waals surface area (Å²) < 4.78 is 5.23. The highest BCUT2D eigenvalue weighted by Gasteiger charge is 2.28. The van der Waals surface area contributed by atoms with Crippen LogP contribution in [0.5, 0.6) is 0 Å². The van der Waals surface area contributed by atoms with Crippen molar-refractivity contribution >= 4 is 0 Å². The minimum Gasteiger partial charge on any atom is -0.385 e. The molecule has 0 saturated carbocycles. The van der Waals surface area contributed by atoms with Gasteiger partial charge in [-0.2, -0.15) is 0 Å². The van der Waals surface area contributed by atoms with Crippen LogP contribution in [-0.4, -0.2) is 20.3 Å². The molecule has 0 aromatic heterocycles. The molecule has 1 aromatic carbocycles. The lowest BCUT2D eigenvalue weighted by molar-refractivity contribution is 0.159. The third kappa shape index (κ3) is 2.88. The molecule has 17 heavy (non-hydrogen) atoms. The quantitative estimate of drug-likeness (QED) is 0.844. The van der Waals surface area contributed by atoms with Gasteiger partial charge in [0.05, 0.1) is 0 Å². The number of hydrogen-bond acceptors (Lipinski definition) is 2. The van der Waals surface area contributed by atoms with Crippen molar-refractivity contribution in [2.24, 2.45) is 5.92 Å². The number of benzene rings is 1. The second-order valence-electron chi connectivity index (χ2n) is 4.81. The molecule has 2 unspecified atom stereocenters. The third-order valence-electron chi connectivity index (χ3n) is 3.76. The highest BCUT2D eigenvalue weighted by atomic mass is 16.5. The fourth-order valence-corrected chi connectivity index (χ4v) is 2.90. The summed E-state index contributed by atoms with van der Waals surface area (Å²) in [5.74, 6) is 0.713. The second-order valence-corrected chi connectivity index (χ2v) is 4.81. The Kier molecular flexibility index (Phi) is 4.57. The second kappa shape index (κ2) is 6.18. The largest absolute Gasteiger partial charge is 0.385 e. The molecule has 2 atom stereocenters. The summed E-state index contributed by atoms with van der Waals surface area (Å²) in [6.45, 7) is 4.09. The Morgan fingerprint density at radius 3 is 2.94 bits per heavy atom.